The Hall–Kier alpha value is -7.72. The van der Waals surface area contributed by atoms with Crippen molar-refractivity contribution in [2.75, 3.05) is 6.54 Å². The van der Waals surface area contributed by atoms with Crippen molar-refractivity contribution in [3.05, 3.63) is 186 Å². The Morgan fingerprint density at radius 3 is 1.67 bits per heavy atom. The molecule has 270 valence electrons. The van der Waals surface area contributed by atoms with Crippen molar-refractivity contribution in [1.29, 1.82) is 10.5 Å². The zero-order chi connectivity index (χ0) is 39.1. The van der Waals surface area contributed by atoms with E-state index in [1.807, 2.05) is 24.3 Å². The number of hydrogen-bond acceptors (Lipinski definition) is 3. The number of nitrogens with zero attached hydrogens (tertiary/aromatic N) is 2. The van der Waals surface area contributed by atoms with Gasteiger partial charge in [0.15, 0.2) is 0 Å². The van der Waals surface area contributed by atoms with Gasteiger partial charge in [-0.2, -0.15) is 10.5 Å². The molecule has 0 radical (unpaired) electrons. The van der Waals surface area contributed by atoms with Gasteiger partial charge >= 0.3 is 0 Å². The summed E-state index contributed by atoms with van der Waals surface area (Å²) in [6, 6.07) is 55.2. The number of fused-ring (bicyclic) bond motifs is 8. The summed E-state index contributed by atoms with van der Waals surface area (Å²) in [5.74, 6) is 0. The second-order valence-corrected chi connectivity index (χ2v) is 15.6. The lowest BCUT2D eigenvalue weighted by Gasteiger charge is -2.20. The van der Waals surface area contributed by atoms with E-state index in [1.165, 1.54) is 71.1 Å². The summed E-state index contributed by atoms with van der Waals surface area (Å²) in [4.78, 5) is 0. The summed E-state index contributed by atoms with van der Waals surface area (Å²) in [5.41, 5.74) is 17.6. The van der Waals surface area contributed by atoms with Crippen LogP contribution in [0.3, 0.4) is 0 Å². The Kier molecular flexibility index (Phi) is 7.49. The predicted molar refractivity (Wildman–Crippen MR) is 241 cm³/mol. The molecule has 0 atom stereocenters. The first-order valence-corrected chi connectivity index (χ1v) is 19.8. The summed E-state index contributed by atoms with van der Waals surface area (Å²) in [5, 5.41) is 32.8. The van der Waals surface area contributed by atoms with Crippen LogP contribution in [0.15, 0.2) is 158 Å². The van der Waals surface area contributed by atoms with Crippen molar-refractivity contribution >= 4 is 48.8 Å². The molecule has 2 aliphatic rings. The first-order chi connectivity index (χ1) is 28.5. The molecule has 9 aromatic rings. The molecule has 1 aliphatic heterocycles. The fraction of sp³-hybridized carbons (Fsp3) is 0.0545. The minimum Gasteiger partial charge on any atom is -0.381 e. The fourth-order valence-electron chi connectivity index (χ4n) is 9.61. The Morgan fingerprint density at radius 1 is 0.431 bits per heavy atom. The third kappa shape index (κ3) is 5.04. The van der Waals surface area contributed by atoms with Crippen LogP contribution in [0.5, 0.6) is 0 Å². The number of benzene rings is 9. The highest BCUT2D eigenvalue weighted by atomic mass is 14.9. The van der Waals surface area contributed by atoms with Crippen LogP contribution in [0.2, 0.25) is 0 Å². The molecule has 0 saturated carbocycles. The zero-order valence-corrected chi connectivity index (χ0v) is 32.1. The average Bonchev–Trinajstić information content (AvgIpc) is 3.59. The first-order valence-electron chi connectivity index (χ1n) is 19.8. The van der Waals surface area contributed by atoms with Crippen molar-refractivity contribution in [2.24, 2.45) is 0 Å². The van der Waals surface area contributed by atoms with Crippen molar-refractivity contribution in [3.63, 3.8) is 0 Å². The van der Waals surface area contributed by atoms with Crippen LogP contribution in [0.4, 0.5) is 0 Å². The molecule has 0 bridgehead atoms. The highest BCUT2D eigenvalue weighted by Gasteiger charge is 2.26. The van der Waals surface area contributed by atoms with Gasteiger partial charge in [0.1, 0.15) is 0 Å². The summed E-state index contributed by atoms with van der Waals surface area (Å²) in [7, 11) is 0. The molecule has 3 heteroatoms. The van der Waals surface area contributed by atoms with Gasteiger partial charge in [-0.3, -0.25) is 0 Å². The molecule has 1 aliphatic carbocycles. The van der Waals surface area contributed by atoms with Crippen LogP contribution < -0.4 is 5.32 Å². The number of dihydropyridines is 1. The summed E-state index contributed by atoms with van der Waals surface area (Å²) in [6.07, 6.45) is 6.37. The van der Waals surface area contributed by atoms with E-state index in [0.717, 1.165) is 56.6 Å². The lowest BCUT2D eigenvalue weighted by molar-refractivity contribution is 0.996. The van der Waals surface area contributed by atoms with Gasteiger partial charge in [0.25, 0.3) is 0 Å². The SMILES string of the molecule is Cc1cc(C#N)ccc1-c1cc2c3cc4c(cc3c(-c3ccc(C#N)cc3C)cc2c2ccc(C3=CC=CCN3)cc12)-c1cccc2c(-c3ccccc3)ccc-4c12. The van der Waals surface area contributed by atoms with Gasteiger partial charge in [-0.05, 0) is 190 Å². The maximum absolute atomic E-state index is 9.82. The Bertz CT molecular complexity index is 3420. The van der Waals surface area contributed by atoms with Crippen molar-refractivity contribution in [3.8, 4) is 67.8 Å². The van der Waals surface area contributed by atoms with Crippen molar-refractivity contribution < 1.29 is 0 Å². The predicted octanol–water partition coefficient (Wildman–Crippen LogP) is 13.8. The van der Waals surface area contributed by atoms with E-state index in [0.29, 0.717) is 11.1 Å². The van der Waals surface area contributed by atoms with E-state index in [2.05, 4.69) is 165 Å². The number of nitrogens with one attached hydrogen (secondary N) is 1. The monoisotopic (exact) mass is 737 g/mol. The minimum absolute atomic E-state index is 0.656. The number of nitriles is 2. The molecule has 1 heterocycles. The van der Waals surface area contributed by atoms with Crippen molar-refractivity contribution in [1.82, 2.24) is 5.32 Å². The Balaban J connectivity index is 1.27. The molecule has 11 rings (SSSR count). The quantitative estimate of drug-likeness (QED) is 0.183. The summed E-state index contributed by atoms with van der Waals surface area (Å²) >= 11 is 0. The van der Waals surface area contributed by atoms with E-state index < -0.39 is 0 Å². The van der Waals surface area contributed by atoms with Gasteiger partial charge in [0, 0.05) is 12.2 Å². The van der Waals surface area contributed by atoms with Gasteiger partial charge in [-0.1, -0.05) is 97.1 Å². The minimum atomic E-state index is 0.656. The standard InChI is InChI=1S/C55H35N3/c1-32-23-34(30-56)14-17-38(32)46-27-52-48(41-19-16-37(25-45(41)46)54-13-6-7-22-58-54)26-47(39-18-15-35(31-57)24-33(39)2)51-28-49-43-12-8-11-42-40(36-9-4-3-5-10-36)20-21-44(55(42)43)50(49)29-53(51)52/h3-21,23-29,58H,22H2,1-2H3. The number of rotatable bonds is 4. The van der Waals surface area contributed by atoms with E-state index in [4.69, 9.17) is 0 Å². The third-order valence-electron chi connectivity index (χ3n) is 12.3. The van der Waals surface area contributed by atoms with Crippen LogP contribution in [0, 0.1) is 36.5 Å². The molecule has 0 amide bonds. The molecule has 0 fully saturated rings. The number of hydrogen-bond donors (Lipinski definition) is 1. The van der Waals surface area contributed by atoms with Crippen LogP contribution in [-0.2, 0) is 0 Å². The molecule has 0 spiro atoms. The van der Waals surface area contributed by atoms with Crippen molar-refractivity contribution in [2.45, 2.75) is 13.8 Å². The second-order valence-electron chi connectivity index (χ2n) is 15.6. The molecule has 0 unspecified atom stereocenters. The molecule has 3 nitrogen and oxygen atoms in total. The molecule has 0 aromatic heterocycles. The van der Waals surface area contributed by atoms with Crippen LogP contribution in [0.1, 0.15) is 27.8 Å². The lowest BCUT2D eigenvalue weighted by atomic mass is 9.84. The van der Waals surface area contributed by atoms with E-state index in [9.17, 15) is 10.5 Å². The van der Waals surface area contributed by atoms with E-state index >= 15 is 0 Å². The maximum atomic E-state index is 9.82. The molecule has 0 saturated heterocycles. The van der Waals surface area contributed by atoms with E-state index in [1.54, 1.807) is 0 Å². The summed E-state index contributed by atoms with van der Waals surface area (Å²) in [6.45, 7) is 5.01. The van der Waals surface area contributed by atoms with Gasteiger partial charge in [-0.15, -0.1) is 0 Å². The average molecular weight is 738 g/mol. The molecule has 9 aromatic carbocycles. The second kappa shape index (κ2) is 12.9. The van der Waals surface area contributed by atoms with E-state index in [-0.39, 0.29) is 0 Å². The largest absolute Gasteiger partial charge is 0.381 e. The molecular formula is C55H35N3. The fourth-order valence-corrected chi connectivity index (χ4v) is 9.61. The molecule has 1 N–H and O–H groups in total. The first kappa shape index (κ1) is 33.6. The highest BCUT2D eigenvalue weighted by Crippen LogP contribution is 2.53. The molecular weight excluding hydrogens is 703 g/mol. The van der Waals surface area contributed by atoms with Gasteiger partial charge < -0.3 is 5.32 Å². The topological polar surface area (TPSA) is 59.6 Å². The summed E-state index contributed by atoms with van der Waals surface area (Å²) < 4.78 is 0. The van der Waals surface area contributed by atoms with Gasteiger partial charge in [0.2, 0.25) is 0 Å². The number of aryl methyl sites for hydroxylation is 2. The zero-order valence-electron chi connectivity index (χ0n) is 32.1. The molecule has 58 heavy (non-hydrogen) atoms. The Labute approximate surface area is 337 Å². The van der Waals surface area contributed by atoms with Crippen LogP contribution >= 0.6 is 0 Å². The lowest BCUT2D eigenvalue weighted by Crippen LogP contribution is -2.14. The highest BCUT2D eigenvalue weighted by molar-refractivity contribution is 6.28. The number of allylic oxidation sites excluding steroid dienone is 2. The third-order valence-corrected chi connectivity index (χ3v) is 12.3. The Morgan fingerprint density at radius 2 is 1.02 bits per heavy atom. The van der Waals surface area contributed by atoms with Gasteiger partial charge in [0.05, 0.1) is 23.3 Å². The maximum Gasteiger partial charge on any atom is 0.0991 e. The van der Waals surface area contributed by atoms with Crippen LogP contribution in [-0.4, -0.2) is 6.54 Å². The smallest absolute Gasteiger partial charge is 0.0991 e. The normalized spacial score (nSPS) is 12.7. The van der Waals surface area contributed by atoms with Crippen LogP contribution in [0.25, 0.3) is 104 Å². The van der Waals surface area contributed by atoms with Gasteiger partial charge in [-0.25, -0.2) is 0 Å².